The Morgan fingerprint density at radius 1 is 1.11 bits per heavy atom. The molecule has 0 saturated heterocycles. The Balaban J connectivity index is 1.47. The van der Waals surface area contributed by atoms with Gasteiger partial charge in [0.15, 0.2) is 0 Å². The number of thiophene rings is 1. The van der Waals surface area contributed by atoms with Crippen LogP contribution in [0.15, 0.2) is 29.6 Å². The van der Waals surface area contributed by atoms with Crippen molar-refractivity contribution < 1.29 is 18.4 Å². The topological polar surface area (TPSA) is 58.2 Å². The standard InChI is InChI=1S/C19H19ClF2N2O2S/c20-14-8-9-27-17(14)19(26)24-12-6-4-11(5-7-12)18(25)23-10-13-15(21)2-1-3-16(13)22/h1-3,8-9,11-12H,4-7,10H2,(H,23,25)(H,24,26). The first-order valence-corrected chi connectivity index (χ1v) is 9.96. The minimum absolute atomic E-state index is 0.0104. The minimum atomic E-state index is -0.672. The number of carbonyl (C=O) groups excluding carboxylic acids is 2. The molecule has 3 rings (SSSR count). The number of amides is 2. The van der Waals surface area contributed by atoms with Crippen molar-refractivity contribution >= 4 is 34.8 Å². The minimum Gasteiger partial charge on any atom is -0.352 e. The van der Waals surface area contributed by atoms with Gasteiger partial charge in [-0.25, -0.2) is 8.78 Å². The van der Waals surface area contributed by atoms with Crippen molar-refractivity contribution in [3.63, 3.8) is 0 Å². The van der Waals surface area contributed by atoms with Crippen LogP contribution in [0, 0.1) is 17.6 Å². The fourth-order valence-corrected chi connectivity index (χ4v) is 4.27. The van der Waals surface area contributed by atoms with E-state index < -0.39 is 11.6 Å². The van der Waals surface area contributed by atoms with Crippen molar-refractivity contribution in [3.8, 4) is 0 Å². The molecule has 1 saturated carbocycles. The first-order chi connectivity index (χ1) is 13.0. The van der Waals surface area contributed by atoms with Crippen LogP contribution in [-0.2, 0) is 11.3 Å². The van der Waals surface area contributed by atoms with Crippen molar-refractivity contribution in [2.45, 2.75) is 38.3 Å². The second kappa shape index (κ2) is 8.80. The number of halogens is 3. The summed E-state index contributed by atoms with van der Waals surface area (Å²) in [6.45, 7) is -0.176. The highest BCUT2D eigenvalue weighted by Gasteiger charge is 2.28. The van der Waals surface area contributed by atoms with E-state index in [2.05, 4.69) is 10.6 Å². The molecular formula is C19H19ClF2N2O2S. The van der Waals surface area contributed by atoms with Crippen LogP contribution in [0.3, 0.4) is 0 Å². The van der Waals surface area contributed by atoms with Crippen molar-refractivity contribution in [2.24, 2.45) is 5.92 Å². The van der Waals surface area contributed by atoms with Crippen LogP contribution in [0.1, 0.15) is 40.9 Å². The van der Waals surface area contributed by atoms with E-state index in [1.54, 1.807) is 11.4 Å². The zero-order valence-electron chi connectivity index (χ0n) is 14.4. The third kappa shape index (κ3) is 4.84. The molecule has 0 unspecified atom stereocenters. The van der Waals surface area contributed by atoms with Gasteiger partial charge in [-0.2, -0.15) is 0 Å². The zero-order chi connectivity index (χ0) is 19.4. The predicted octanol–water partition coefficient (Wildman–Crippen LogP) is 4.28. The maximum absolute atomic E-state index is 13.6. The first-order valence-electron chi connectivity index (χ1n) is 8.70. The number of hydrogen-bond acceptors (Lipinski definition) is 3. The van der Waals surface area contributed by atoms with Gasteiger partial charge in [0.2, 0.25) is 5.91 Å². The van der Waals surface area contributed by atoms with E-state index in [-0.39, 0.29) is 35.9 Å². The van der Waals surface area contributed by atoms with Gasteiger partial charge in [-0.1, -0.05) is 17.7 Å². The summed E-state index contributed by atoms with van der Waals surface area (Å²) < 4.78 is 27.2. The highest BCUT2D eigenvalue weighted by Crippen LogP contribution is 2.27. The number of carbonyl (C=O) groups is 2. The quantitative estimate of drug-likeness (QED) is 0.769. The molecular weight excluding hydrogens is 394 g/mol. The van der Waals surface area contributed by atoms with E-state index in [1.165, 1.54) is 17.4 Å². The summed E-state index contributed by atoms with van der Waals surface area (Å²) in [5.41, 5.74) is -0.139. The van der Waals surface area contributed by atoms with Crippen molar-refractivity contribution in [1.82, 2.24) is 10.6 Å². The van der Waals surface area contributed by atoms with Crippen LogP contribution in [0.4, 0.5) is 8.78 Å². The van der Waals surface area contributed by atoms with Crippen molar-refractivity contribution in [2.75, 3.05) is 0 Å². The molecule has 2 amide bonds. The monoisotopic (exact) mass is 412 g/mol. The van der Waals surface area contributed by atoms with E-state index in [1.807, 2.05) is 0 Å². The molecule has 2 aromatic rings. The van der Waals surface area contributed by atoms with Gasteiger partial charge in [-0.15, -0.1) is 11.3 Å². The molecule has 0 bridgehead atoms. The van der Waals surface area contributed by atoms with E-state index in [9.17, 15) is 18.4 Å². The fourth-order valence-electron chi connectivity index (χ4n) is 3.23. The highest BCUT2D eigenvalue weighted by atomic mass is 35.5. The molecule has 4 nitrogen and oxygen atoms in total. The van der Waals surface area contributed by atoms with Gasteiger partial charge in [0.25, 0.3) is 5.91 Å². The van der Waals surface area contributed by atoms with Gasteiger partial charge in [-0.05, 0) is 49.3 Å². The van der Waals surface area contributed by atoms with Crippen LogP contribution in [0.5, 0.6) is 0 Å². The van der Waals surface area contributed by atoms with E-state index in [0.29, 0.717) is 35.6 Å². The van der Waals surface area contributed by atoms with E-state index >= 15 is 0 Å². The molecule has 1 heterocycles. The van der Waals surface area contributed by atoms with Gasteiger partial charge in [-0.3, -0.25) is 9.59 Å². The Morgan fingerprint density at radius 3 is 2.37 bits per heavy atom. The van der Waals surface area contributed by atoms with Crippen molar-refractivity contribution in [3.05, 3.63) is 56.7 Å². The molecule has 0 spiro atoms. The smallest absolute Gasteiger partial charge is 0.263 e. The summed E-state index contributed by atoms with van der Waals surface area (Å²) in [5, 5.41) is 7.76. The van der Waals surface area contributed by atoms with E-state index in [4.69, 9.17) is 11.6 Å². The lowest BCUT2D eigenvalue weighted by atomic mass is 9.85. The molecule has 1 aliphatic rings. The summed E-state index contributed by atoms with van der Waals surface area (Å²) in [7, 11) is 0. The fraction of sp³-hybridized carbons (Fsp3) is 0.368. The summed E-state index contributed by atoms with van der Waals surface area (Å²) in [6, 6.07) is 5.29. The third-order valence-electron chi connectivity index (χ3n) is 4.76. The van der Waals surface area contributed by atoms with Crippen molar-refractivity contribution in [1.29, 1.82) is 0 Å². The second-order valence-electron chi connectivity index (χ2n) is 6.54. The van der Waals surface area contributed by atoms with Crippen LogP contribution in [0.25, 0.3) is 0 Å². The molecule has 0 aliphatic heterocycles. The molecule has 1 aromatic heterocycles. The molecule has 1 fully saturated rings. The molecule has 0 atom stereocenters. The summed E-state index contributed by atoms with van der Waals surface area (Å²) in [6.07, 6.45) is 2.55. The number of rotatable bonds is 5. The lowest BCUT2D eigenvalue weighted by Gasteiger charge is -2.28. The highest BCUT2D eigenvalue weighted by molar-refractivity contribution is 7.12. The Bertz CT molecular complexity index is 815. The van der Waals surface area contributed by atoms with E-state index in [0.717, 1.165) is 12.1 Å². The Labute approximate surface area is 164 Å². The number of hydrogen-bond donors (Lipinski definition) is 2. The normalized spacial score (nSPS) is 19.5. The van der Waals surface area contributed by atoms with Crippen LogP contribution in [0.2, 0.25) is 5.02 Å². The van der Waals surface area contributed by atoms with Crippen LogP contribution in [-0.4, -0.2) is 17.9 Å². The average Bonchev–Trinajstić information content (AvgIpc) is 3.08. The van der Waals surface area contributed by atoms with Gasteiger partial charge < -0.3 is 10.6 Å². The zero-order valence-corrected chi connectivity index (χ0v) is 16.0. The summed E-state index contributed by atoms with van der Waals surface area (Å²) in [5.74, 6) is -1.98. The molecule has 1 aromatic carbocycles. The lowest BCUT2D eigenvalue weighted by Crippen LogP contribution is -2.40. The van der Waals surface area contributed by atoms with Crippen LogP contribution >= 0.6 is 22.9 Å². The Hall–Kier alpha value is -1.99. The Kier molecular flexibility index (Phi) is 6.44. The Morgan fingerprint density at radius 2 is 1.78 bits per heavy atom. The molecule has 8 heteroatoms. The third-order valence-corrected chi connectivity index (χ3v) is 6.10. The van der Waals surface area contributed by atoms with Gasteiger partial charge in [0.05, 0.1) is 5.02 Å². The molecule has 27 heavy (non-hydrogen) atoms. The second-order valence-corrected chi connectivity index (χ2v) is 7.86. The van der Waals surface area contributed by atoms with Crippen LogP contribution < -0.4 is 10.6 Å². The summed E-state index contributed by atoms with van der Waals surface area (Å²) >= 11 is 7.26. The SMILES string of the molecule is O=C(NC1CCC(C(=O)NCc2c(F)cccc2F)CC1)c1sccc1Cl. The average molecular weight is 413 g/mol. The largest absolute Gasteiger partial charge is 0.352 e. The molecule has 0 radical (unpaired) electrons. The first kappa shape index (κ1) is 19.8. The van der Waals surface area contributed by atoms with Gasteiger partial charge >= 0.3 is 0 Å². The molecule has 2 N–H and O–H groups in total. The number of nitrogens with one attached hydrogen (secondary N) is 2. The lowest BCUT2D eigenvalue weighted by molar-refractivity contribution is -0.126. The van der Waals surface area contributed by atoms with Gasteiger partial charge in [0.1, 0.15) is 16.5 Å². The number of benzene rings is 1. The van der Waals surface area contributed by atoms with Gasteiger partial charge in [0, 0.05) is 24.1 Å². The molecule has 1 aliphatic carbocycles. The predicted molar refractivity (Wildman–Crippen MR) is 101 cm³/mol. The maximum Gasteiger partial charge on any atom is 0.263 e. The maximum atomic E-state index is 13.6. The molecule has 144 valence electrons. The summed E-state index contributed by atoms with van der Waals surface area (Å²) in [4.78, 5) is 25.0.